The summed E-state index contributed by atoms with van der Waals surface area (Å²) in [6.07, 6.45) is 8.23. The van der Waals surface area contributed by atoms with E-state index in [0.29, 0.717) is 24.2 Å². The molecule has 130 valence electrons. The molecule has 3 rings (SSSR count). The molecule has 0 aliphatic heterocycles. The fraction of sp³-hybridized carbons (Fsp3) is 0.895. The van der Waals surface area contributed by atoms with Gasteiger partial charge in [-0.1, -0.05) is 6.92 Å². The first-order valence-corrected chi connectivity index (χ1v) is 9.21. The number of hydrogen-bond donors (Lipinski definition) is 1. The van der Waals surface area contributed by atoms with Crippen LogP contribution in [0.15, 0.2) is 0 Å². The Morgan fingerprint density at radius 2 is 1.87 bits per heavy atom. The zero-order valence-corrected chi connectivity index (χ0v) is 14.5. The van der Waals surface area contributed by atoms with Crippen molar-refractivity contribution < 1.29 is 19.4 Å². The van der Waals surface area contributed by atoms with Gasteiger partial charge in [0.05, 0.1) is 12.2 Å². The van der Waals surface area contributed by atoms with Gasteiger partial charge >= 0.3 is 5.97 Å². The van der Waals surface area contributed by atoms with Crippen molar-refractivity contribution in [3.63, 3.8) is 0 Å². The van der Waals surface area contributed by atoms with Crippen LogP contribution in [0.2, 0.25) is 0 Å². The average molecular weight is 322 g/mol. The van der Waals surface area contributed by atoms with Crippen molar-refractivity contribution in [3.8, 4) is 0 Å². The summed E-state index contributed by atoms with van der Waals surface area (Å²) in [5.74, 6) is 1.60. The standard InChI is InChI=1S/C19H30O4/c1-13(20)23-12-16-8-10-19(22)11-15(7-9-18(16,19)2)14-3-5-17(21)6-4-14/h14-16,22H,3-12H2,1-2H3/t15-,16+,18+,19-/m0/s1. The number of carbonyl (C=O) groups excluding carboxylic acids is 2. The molecule has 4 heteroatoms. The lowest BCUT2D eigenvalue weighted by Gasteiger charge is -2.51. The second-order valence-electron chi connectivity index (χ2n) is 8.37. The van der Waals surface area contributed by atoms with Crippen LogP contribution < -0.4 is 0 Å². The number of Topliss-reactive ketones (excluding diaryl/α,β-unsaturated/α-hetero) is 1. The Morgan fingerprint density at radius 3 is 2.52 bits per heavy atom. The first kappa shape index (κ1) is 16.9. The number of ketones is 1. The second kappa shape index (κ2) is 6.19. The lowest BCUT2D eigenvalue weighted by molar-refractivity contribution is -0.151. The topological polar surface area (TPSA) is 63.6 Å². The molecule has 0 spiro atoms. The van der Waals surface area contributed by atoms with E-state index in [-0.39, 0.29) is 17.3 Å². The molecule has 3 fully saturated rings. The highest BCUT2D eigenvalue weighted by molar-refractivity contribution is 5.79. The molecule has 4 atom stereocenters. The Labute approximate surface area is 139 Å². The lowest BCUT2D eigenvalue weighted by Crippen LogP contribution is -2.51. The van der Waals surface area contributed by atoms with Crippen LogP contribution in [0.4, 0.5) is 0 Å². The van der Waals surface area contributed by atoms with E-state index < -0.39 is 5.60 Å². The predicted octanol–water partition coefficient (Wildman–Crippen LogP) is 3.26. The first-order chi connectivity index (χ1) is 10.8. The molecule has 3 saturated carbocycles. The molecule has 0 radical (unpaired) electrons. The summed E-state index contributed by atoms with van der Waals surface area (Å²) in [7, 11) is 0. The van der Waals surface area contributed by atoms with Gasteiger partial charge < -0.3 is 9.84 Å². The Morgan fingerprint density at radius 1 is 1.17 bits per heavy atom. The molecular formula is C19H30O4. The van der Waals surface area contributed by atoms with Gasteiger partial charge in [0.1, 0.15) is 5.78 Å². The Hall–Kier alpha value is -0.900. The number of ether oxygens (including phenoxy) is 1. The number of hydrogen-bond acceptors (Lipinski definition) is 4. The third kappa shape index (κ3) is 3.07. The molecule has 0 aromatic heterocycles. The highest BCUT2D eigenvalue weighted by Crippen LogP contribution is 2.60. The van der Waals surface area contributed by atoms with E-state index in [0.717, 1.165) is 57.8 Å². The minimum Gasteiger partial charge on any atom is -0.466 e. The van der Waals surface area contributed by atoms with Gasteiger partial charge in [-0.05, 0) is 56.8 Å². The van der Waals surface area contributed by atoms with Crippen molar-refractivity contribution in [2.75, 3.05) is 6.61 Å². The smallest absolute Gasteiger partial charge is 0.302 e. The number of esters is 1. The molecule has 0 aromatic carbocycles. The van der Waals surface area contributed by atoms with Gasteiger partial charge in [0.2, 0.25) is 0 Å². The molecule has 0 unspecified atom stereocenters. The van der Waals surface area contributed by atoms with Gasteiger partial charge in [0.25, 0.3) is 0 Å². The maximum absolute atomic E-state index is 11.5. The van der Waals surface area contributed by atoms with Gasteiger partial charge in [-0.15, -0.1) is 0 Å². The van der Waals surface area contributed by atoms with E-state index in [4.69, 9.17) is 4.74 Å². The highest BCUT2D eigenvalue weighted by atomic mass is 16.5. The van der Waals surface area contributed by atoms with Crippen LogP contribution in [0.1, 0.15) is 71.6 Å². The Bertz CT molecular complexity index is 478. The average Bonchev–Trinajstić information content (AvgIpc) is 2.76. The summed E-state index contributed by atoms with van der Waals surface area (Å²) >= 11 is 0. The Balaban J connectivity index is 1.66. The van der Waals surface area contributed by atoms with Crippen molar-refractivity contribution in [2.24, 2.45) is 23.2 Å². The van der Waals surface area contributed by atoms with Gasteiger partial charge in [0.15, 0.2) is 0 Å². The maximum Gasteiger partial charge on any atom is 0.302 e. The van der Waals surface area contributed by atoms with Gasteiger partial charge in [-0.25, -0.2) is 0 Å². The molecular weight excluding hydrogens is 292 g/mol. The van der Waals surface area contributed by atoms with Crippen LogP contribution in [0, 0.1) is 23.2 Å². The summed E-state index contributed by atoms with van der Waals surface area (Å²) in [5.41, 5.74) is -0.758. The zero-order chi connectivity index (χ0) is 16.7. The zero-order valence-electron chi connectivity index (χ0n) is 14.5. The third-order valence-electron chi connectivity index (χ3n) is 7.25. The largest absolute Gasteiger partial charge is 0.466 e. The van der Waals surface area contributed by atoms with Crippen LogP contribution in [-0.2, 0) is 14.3 Å². The van der Waals surface area contributed by atoms with E-state index in [1.54, 1.807) is 0 Å². The van der Waals surface area contributed by atoms with Crippen molar-refractivity contribution in [3.05, 3.63) is 0 Å². The molecule has 3 aliphatic rings. The van der Waals surface area contributed by atoms with Crippen LogP contribution in [0.3, 0.4) is 0 Å². The normalized spacial score (nSPS) is 41.6. The van der Waals surface area contributed by atoms with Crippen LogP contribution in [0.25, 0.3) is 0 Å². The maximum atomic E-state index is 11.5. The molecule has 0 heterocycles. The monoisotopic (exact) mass is 322 g/mol. The summed E-state index contributed by atoms with van der Waals surface area (Å²) in [6, 6.07) is 0. The molecule has 23 heavy (non-hydrogen) atoms. The fourth-order valence-corrected chi connectivity index (χ4v) is 5.51. The minimum absolute atomic E-state index is 0.135. The van der Waals surface area contributed by atoms with Crippen molar-refractivity contribution in [2.45, 2.75) is 77.2 Å². The second-order valence-corrected chi connectivity index (χ2v) is 8.37. The number of carbonyl (C=O) groups is 2. The van der Waals surface area contributed by atoms with Crippen molar-refractivity contribution >= 4 is 11.8 Å². The number of fused-ring (bicyclic) bond motifs is 1. The summed E-state index contributed by atoms with van der Waals surface area (Å²) < 4.78 is 5.25. The van der Waals surface area contributed by atoms with E-state index in [1.807, 2.05) is 0 Å². The van der Waals surface area contributed by atoms with Gasteiger partial charge in [0, 0.05) is 31.1 Å². The molecule has 0 amide bonds. The van der Waals surface area contributed by atoms with Crippen LogP contribution in [0.5, 0.6) is 0 Å². The Kier molecular flexibility index (Phi) is 4.56. The van der Waals surface area contributed by atoms with Crippen molar-refractivity contribution in [1.82, 2.24) is 0 Å². The molecule has 0 saturated heterocycles. The fourth-order valence-electron chi connectivity index (χ4n) is 5.51. The van der Waals surface area contributed by atoms with Gasteiger partial charge in [-0.3, -0.25) is 9.59 Å². The van der Waals surface area contributed by atoms with E-state index in [2.05, 4.69) is 6.92 Å². The molecule has 0 bridgehead atoms. The van der Waals surface area contributed by atoms with Crippen molar-refractivity contribution in [1.29, 1.82) is 0 Å². The summed E-state index contributed by atoms with van der Waals surface area (Å²) in [4.78, 5) is 22.6. The first-order valence-electron chi connectivity index (χ1n) is 9.21. The lowest BCUT2D eigenvalue weighted by atomic mass is 9.57. The van der Waals surface area contributed by atoms with E-state index >= 15 is 0 Å². The van der Waals surface area contributed by atoms with Gasteiger partial charge in [-0.2, -0.15) is 0 Å². The molecule has 3 aliphatic carbocycles. The van der Waals surface area contributed by atoms with Crippen LogP contribution in [-0.4, -0.2) is 29.1 Å². The van der Waals surface area contributed by atoms with Crippen LogP contribution >= 0.6 is 0 Å². The molecule has 1 N–H and O–H groups in total. The molecule has 4 nitrogen and oxygen atoms in total. The highest BCUT2D eigenvalue weighted by Gasteiger charge is 2.59. The quantitative estimate of drug-likeness (QED) is 0.810. The summed E-state index contributed by atoms with van der Waals surface area (Å²) in [5, 5.41) is 11.4. The van der Waals surface area contributed by atoms with E-state index in [9.17, 15) is 14.7 Å². The number of aliphatic hydroxyl groups is 1. The molecule has 0 aromatic rings. The van der Waals surface area contributed by atoms with E-state index in [1.165, 1.54) is 6.92 Å². The minimum atomic E-state index is -0.623. The summed E-state index contributed by atoms with van der Waals surface area (Å²) in [6.45, 7) is 4.08. The third-order valence-corrected chi connectivity index (χ3v) is 7.25. The number of rotatable bonds is 3. The SMILES string of the molecule is CC(=O)OC[C@H]1CC[C@]2(O)C[C@@H](C3CCC(=O)CC3)CC[C@]12C. The predicted molar refractivity (Wildman–Crippen MR) is 86.7 cm³/mol.